The number of benzene rings is 1. The van der Waals surface area contributed by atoms with Gasteiger partial charge in [-0.1, -0.05) is 23.8 Å². The molecular weight excluding hydrogens is 326 g/mol. The van der Waals surface area contributed by atoms with Crippen molar-refractivity contribution in [3.63, 3.8) is 0 Å². The van der Waals surface area contributed by atoms with Gasteiger partial charge in [0.05, 0.1) is 6.10 Å². The van der Waals surface area contributed by atoms with Gasteiger partial charge in [-0.05, 0) is 51.5 Å². The van der Waals surface area contributed by atoms with Crippen LogP contribution in [0.15, 0.2) is 48.7 Å². The minimum absolute atomic E-state index is 0.000598. The second-order valence-electron chi connectivity index (χ2n) is 7.68. The van der Waals surface area contributed by atoms with Crippen molar-refractivity contribution < 1.29 is 9.90 Å². The van der Waals surface area contributed by atoms with E-state index >= 15 is 0 Å². The molecule has 0 unspecified atom stereocenters. The van der Waals surface area contributed by atoms with E-state index in [9.17, 15) is 9.90 Å². The van der Waals surface area contributed by atoms with Crippen molar-refractivity contribution in [2.75, 3.05) is 18.4 Å². The van der Waals surface area contributed by atoms with Crippen molar-refractivity contribution in [1.29, 1.82) is 0 Å². The number of nitrogens with zero attached hydrogens (tertiary/aromatic N) is 2. The lowest BCUT2D eigenvalue weighted by Gasteiger charge is -2.31. The Morgan fingerprint density at radius 3 is 2.62 bits per heavy atom. The first-order chi connectivity index (χ1) is 12.3. The monoisotopic (exact) mass is 353 g/mol. The molecule has 138 valence electrons. The summed E-state index contributed by atoms with van der Waals surface area (Å²) in [6.07, 6.45) is 1.92. The highest BCUT2D eigenvalue weighted by atomic mass is 16.3. The summed E-state index contributed by atoms with van der Waals surface area (Å²) >= 11 is 0. The van der Waals surface area contributed by atoms with Crippen LogP contribution in [0.4, 0.5) is 5.69 Å². The number of hydrogen-bond acceptors (Lipinski definition) is 4. The summed E-state index contributed by atoms with van der Waals surface area (Å²) in [4.78, 5) is 19.1. The van der Waals surface area contributed by atoms with E-state index in [1.165, 1.54) is 5.56 Å². The second-order valence-corrected chi connectivity index (χ2v) is 7.68. The van der Waals surface area contributed by atoms with Crippen molar-refractivity contribution in [2.45, 2.75) is 38.8 Å². The maximum absolute atomic E-state index is 13.0. The van der Waals surface area contributed by atoms with Gasteiger partial charge in [-0.2, -0.15) is 0 Å². The summed E-state index contributed by atoms with van der Waals surface area (Å²) in [6.45, 7) is 6.72. The average molecular weight is 353 g/mol. The minimum atomic E-state index is -0.741. The van der Waals surface area contributed by atoms with E-state index in [1.807, 2.05) is 63.2 Å². The van der Waals surface area contributed by atoms with Crippen LogP contribution in [0, 0.1) is 12.8 Å². The first-order valence-electron chi connectivity index (χ1n) is 9.07. The zero-order valence-corrected chi connectivity index (χ0v) is 15.6. The predicted octanol–water partition coefficient (Wildman–Crippen LogP) is 2.64. The summed E-state index contributed by atoms with van der Waals surface area (Å²) in [5, 5.41) is 13.7. The quantitative estimate of drug-likeness (QED) is 0.867. The van der Waals surface area contributed by atoms with Crippen LogP contribution in [0.1, 0.15) is 25.1 Å². The molecule has 1 aliphatic rings. The van der Waals surface area contributed by atoms with Gasteiger partial charge in [-0.25, -0.2) is 0 Å². The highest BCUT2D eigenvalue weighted by Gasteiger charge is 2.39. The molecule has 1 aromatic carbocycles. The molecular formula is C21H27N3O2. The van der Waals surface area contributed by atoms with Crippen LogP contribution in [-0.2, 0) is 11.2 Å². The third-order valence-electron chi connectivity index (χ3n) is 4.93. The topological polar surface area (TPSA) is 65.5 Å². The Bertz CT molecular complexity index is 744. The molecule has 0 saturated carbocycles. The summed E-state index contributed by atoms with van der Waals surface area (Å²) in [5.74, 6) is 0.0182. The maximum atomic E-state index is 13.0. The Hall–Kier alpha value is -2.40. The van der Waals surface area contributed by atoms with E-state index in [1.54, 1.807) is 11.1 Å². The Balaban J connectivity index is 1.64. The molecule has 1 saturated heterocycles. The normalized spacial score (nSPS) is 20.2. The van der Waals surface area contributed by atoms with Crippen LogP contribution in [0.5, 0.6) is 0 Å². The number of amides is 1. The van der Waals surface area contributed by atoms with Gasteiger partial charge < -0.3 is 15.3 Å². The summed E-state index contributed by atoms with van der Waals surface area (Å²) in [5.41, 5.74) is 2.30. The number of nitrogens with one attached hydrogen (secondary N) is 1. The minimum Gasteiger partial charge on any atom is -0.391 e. The van der Waals surface area contributed by atoms with Crippen molar-refractivity contribution in [3.8, 4) is 0 Å². The van der Waals surface area contributed by atoms with Gasteiger partial charge in [-0.15, -0.1) is 0 Å². The van der Waals surface area contributed by atoms with E-state index < -0.39 is 11.6 Å². The molecule has 2 aromatic rings. The number of aliphatic hydroxyl groups is 1. The van der Waals surface area contributed by atoms with E-state index in [2.05, 4.69) is 10.3 Å². The predicted molar refractivity (Wildman–Crippen MR) is 103 cm³/mol. The summed E-state index contributed by atoms with van der Waals surface area (Å²) in [6, 6.07) is 13.8. The number of carbonyl (C=O) groups excluding carboxylic acids is 1. The first kappa shape index (κ1) is 18.4. The van der Waals surface area contributed by atoms with Crippen molar-refractivity contribution >= 4 is 11.6 Å². The number of hydrogen-bond donors (Lipinski definition) is 2. The zero-order valence-electron chi connectivity index (χ0n) is 15.6. The average Bonchev–Trinajstić information content (AvgIpc) is 2.97. The van der Waals surface area contributed by atoms with Crippen molar-refractivity contribution in [3.05, 3.63) is 59.9 Å². The molecule has 5 heteroatoms. The number of rotatable bonds is 5. The number of pyridine rings is 1. The molecule has 0 radical (unpaired) electrons. The van der Waals surface area contributed by atoms with E-state index in [0.717, 1.165) is 11.4 Å². The molecule has 2 heterocycles. The summed E-state index contributed by atoms with van der Waals surface area (Å²) < 4.78 is 0. The molecule has 1 aliphatic heterocycles. The number of aromatic nitrogens is 1. The smallest absolute Gasteiger partial charge is 0.247 e. The van der Waals surface area contributed by atoms with Gasteiger partial charge in [0, 0.05) is 36.6 Å². The fourth-order valence-corrected chi connectivity index (χ4v) is 3.45. The Morgan fingerprint density at radius 1 is 1.23 bits per heavy atom. The molecule has 2 N–H and O–H groups in total. The fourth-order valence-electron chi connectivity index (χ4n) is 3.45. The van der Waals surface area contributed by atoms with Gasteiger partial charge in [-0.3, -0.25) is 9.78 Å². The van der Waals surface area contributed by atoms with Gasteiger partial charge in [0.25, 0.3) is 0 Å². The number of aliphatic hydroxyl groups excluding tert-OH is 1. The van der Waals surface area contributed by atoms with Gasteiger partial charge >= 0.3 is 0 Å². The van der Waals surface area contributed by atoms with Crippen LogP contribution in [0.25, 0.3) is 0 Å². The number of carbonyl (C=O) groups is 1. The second kappa shape index (κ2) is 7.46. The molecule has 1 aromatic heterocycles. The van der Waals surface area contributed by atoms with Crippen LogP contribution < -0.4 is 5.32 Å². The highest BCUT2D eigenvalue weighted by Crippen LogP contribution is 2.25. The molecule has 3 rings (SSSR count). The Morgan fingerprint density at radius 2 is 1.96 bits per heavy atom. The molecule has 2 atom stereocenters. The third kappa shape index (κ3) is 4.22. The number of aryl methyl sites for hydroxylation is 1. The van der Waals surface area contributed by atoms with Crippen molar-refractivity contribution in [2.24, 2.45) is 5.92 Å². The lowest BCUT2D eigenvalue weighted by Crippen LogP contribution is -2.49. The number of anilines is 1. The Kier molecular flexibility index (Phi) is 5.28. The largest absolute Gasteiger partial charge is 0.391 e. The molecule has 1 fully saturated rings. The third-order valence-corrected chi connectivity index (χ3v) is 4.93. The first-order valence-corrected chi connectivity index (χ1v) is 9.07. The maximum Gasteiger partial charge on any atom is 0.247 e. The zero-order chi connectivity index (χ0) is 18.7. The molecule has 0 spiro atoms. The van der Waals surface area contributed by atoms with Gasteiger partial charge in [0.15, 0.2) is 0 Å². The lowest BCUT2D eigenvalue weighted by atomic mass is 9.99. The molecule has 1 amide bonds. The van der Waals surface area contributed by atoms with Gasteiger partial charge in [0.1, 0.15) is 5.54 Å². The highest BCUT2D eigenvalue weighted by molar-refractivity contribution is 5.88. The van der Waals surface area contributed by atoms with E-state index in [0.29, 0.717) is 19.5 Å². The molecule has 0 aliphatic carbocycles. The number of β-amino-alcohol motifs (C(OH)–C–C–N with tert-alkyl or cyclic N) is 1. The lowest BCUT2D eigenvalue weighted by molar-refractivity contribution is -0.134. The van der Waals surface area contributed by atoms with Crippen LogP contribution >= 0.6 is 0 Å². The standard InChI is InChI=1S/C21H27N3O2/c1-15-7-9-17(10-8-15)23-21(2,3)20(26)24-13-16(19(25)14-24)12-18-6-4-5-11-22-18/h4-11,16,19,23,25H,12-14H2,1-3H3/t16-,19-/m1/s1. The van der Waals surface area contributed by atoms with E-state index in [-0.39, 0.29) is 11.8 Å². The van der Waals surface area contributed by atoms with Crippen LogP contribution in [-0.4, -0.2) is 45.6 Å². The van der Waals surface area contributed by atoms with E-state index in [4.69, 9.17) is 0 Å². The molecule has 26 heavy (non-hydrogen) atoms. The molecule has 5 nitrogen and oxygen atoms in total. The number of likely N-dealkylation sites (tertiary alicyclic amines) is 1. The Labute approximate surface area is 155 Å². The van der Waals surface area contributed by atoms with Crippen LogP contribution in [0.2, 0.25) is 0 Å². The van der Waals surface area contributed by atoms with Crippen molar-refractivity contribution in [1.82, 2.24) is 9.88 Å². The summed E-state index contributed by atoms with van der Waals surface area (Å²) in [7, 11) is 0. The van der Waals surface area contributed by atoms with Gasteiger partial charge in [0.2, 0.25) is 5.91 Å². The molecule has 0 bridgehead atoms. The van der Waals surface area contributed by atoms with Crippen LogP contribution in [0.3, 0.4) is 0 Å². The SMILES string of the molecule is Cc1ccc(NC(C)(C)C(=O)N2C[C@@H](Cc3ccccn3)[C@H](O)C2)cc1. The fraction of sp³-hybridized carbons (Fsp3) is 0.429.